The summed E-state index contributed by atoms with van der Waals surface area (Å²) in [4.78, 5) is 28.9. The fourth-order valence-corrected chi connectivity index (χ4v) is 4.34. The van der Waals surface area contributed by atoms with Gasteiger partial charge < -0.3 is 10.2 Å². The van der Waals surface area contributed by atoms with Crippen molar-refractivity contribution in [2.45, 2.75) is 52.6 Å². The van der Waals surface area contributed by atoms with Crippen molar-refractivity contribution in [1.82, 2.24) is 5.32 Å². The molecule has 0 aliphatic carbocycles. The van der Waals surface area contributed by atoms with Gasteiger partial charge in [-0.1, -0.05) is 37.6 Å². The number of hydrogen-bond acceptors (Lipinski definition) is 3. The van der Waals surface area contributed by atoms with Crippen LogP contribution in [0, 0.1) is 18.8 Å². The Balaban J connectivity index is 1.97. The molecule has 3 rings (SSSR count). The van der Waals surface area contributed by atoms with Crippen LogP contribution in [0.15, 0.2) is 41.8 Å². The molecule has 1 aromatic heterocycles. The maximum absolute atomic E-state index is 13.1. The maximum atomic E-state index is 13.1. The van der Waals surface area contributed by atoms with Crippen LogP contribution >= 0.6 is 11.3 Å². The highest BCUT2D eigenvalue weighted by Gasteiger charge is 2.42. The highest BCUT2D eigenvalue weighted by Crippen LogP contribution is 2.41. The molecule has 5 heteroatoms. The number of benzene rings is 1. The van der Waals surface area contributed by atoms with E-state index in [2.05, 4.69) is 19.2 Å². The molecule has 144 valence electrons. The molecule has 3 atom stereocenters. The molecule has 1 aromatic carbocycles. The summed E-state index contributed by atoms with van der Waals surface area (Å²) in [5.41, 5.74) is 2.01. The third-order valence-corrected chi connectivity index (χ3v) is 6.39. The first kappa shape index (κ1) is 19.6. The van der Waals surface area contributed by atoms with Gasteiger partial charge in [-0.2, -0.15) is 0 Å². The molecule has 3 unspecified atom stereocenters. The van der Waals surface area contributed by atoms with Gasteiger partial charge in [0.1, 0.15) is 0 Å². The Bertz CT molecular complexity index is 783. The predicted octanol–water partition coefficient (Wildman–Crippen LogP) is 4.70. The van der Waals surface area contributed by atoms with Crippen LogP contribution in [-0.2, 0) is 9.59 Å². The Hall–Kier alpha value is -2.14. The second kappa shape index (κ2) is 8.26. The second-order valence-electron chi connectivity index (χ2n) is 7.75. The molecule has 1 N–H and O–H groups in total. The zero-order chi connectivity index (χ0) is 19.6. The number of amides is 2. The highest BCUT2D eigenvalue weighted by molar-refractivity contribution is 7.10. The topological polar surface area (TPSA) is 49.4 Å². The molecular weight excluding hydrogens is 356 g/mol. The first-order valence-electron chi connectivity index (χ1n) is 9.61. The first-order valence-corrected chi connectivity index (χ1v) is 10.5. The van der Waals surface area contributed by atoms with E-state index in [-0.39, 0.29) is 29.8 Å². The quantitative estimate of drug-likeness (QED) is 0.812. The van der Waals surface area contributed by atoms with Gasteiger partial charge >= 0.3 is 0 Å². The zero-order valence-corrected chi connectivity index (χ0v) is 17.3. The minimum absolute atomic E-state index is 0.0409. The monoisotopic (exact) mass is 384 g/mol. The normalized spacial score (nSPS) is 21.4. The summed E-state index contributed by atoms with van der Waals surface area (Å²) in [5, 5.41) is 5.17. The zero-order valence-electron chi connectivity index (χ0n) is 16.4. The van der Waals surface area contributed by atoms with Gasteiger partial charge in [-0.05, 0) is 49.8 Å². The summed E-state index contributed by atoms with van der Waals surface area (Å²) in [7, 11) is 0. The Morgan fingerprint density at radius 3 is 2.48 bits per heavy atom. The van der Waals surface area contributed by atoms with Crippen LogP contribution in [0.2, 0.25) is 0 Å². The first-order chi connectivity index (χ1) is 12.9. The van der Waals surface area contributed by atoms with Gasteiger partial charge in [-0.25, -0.2) is 0 Å². The van der Waals surface area contributed by atoms with Crippen molar-refractivity contribution in [1.29, 1.82) is 0 Å². The molecule has 0 bridgehead atoms. The van der Waals surface area contributed by atoms with E-state index in [1.54, 1.807) is 11.3 Å². The SMILES string of the molecule is Cc1ccc(N2C(=O)CCC(C(=O)NC(C)C(C)C)C2c2cccs2)cc1. The lowest BCUT2D eigenvalue weighted by Crippen LogP contribution is -2.50. The van der Waals surface area contributed by atoms with Crippen molar-refractivity contribution in [3.8, 4) is 0 Å². The fourth-order valence-electron chi connectivity index (χ4n) is 3.46. The summed E-state index contributed by atoms with van der Waals surface area (Å²) in [6.45, 7) is 8.27. The van der Waals surface area contributed by atoms with E-state index in [0.29, 0.717) is 18.8 Å². The van der Waals surface area contributed by atoms with E-state index in [4.69, 9.17) is 0 Å². The lowest BCUT2D eigenvalue weighted by atomic mass is 9.86. The Kier molecular flexibility index (Phi) is 6.00. The third-order valence-electron chi connectivity index (χ3n) is 5.45. The Morgan fingerprint density at radius 1 is 1.19 bits per heavy atom. The lowest BCUT2D eigenvalue weighted by molar-refractivity contribution is -0.130. The number of piperidine rings is 1. The van der Waals surface area contributed by atoms with Gasteiger partial charge in [0.25, 0.3) is 0 Å². The summed E-state index contributed by atoms with van der Waals surface area (Å²) in [6.07, 6.45) is 0.976. The number of aryl methyl sites for hydroxylation is 1. The van der Waals surface area contributed by atoms with Crippen molar-refractivity contribution >= 4 is 28.8 Å². The van der Waals surface area contributed by atoms with Crippen LogP contribution in [0.1, 0.15) is 50.1 Å². The average molecular weight is 385 g/mol. The fraction of sp³-hybridized carbons (Fsp3) is 0.455. The molecule has 0 radical (unpaired) electrons. The number of nitrogens with zero attached hydrogens (tertiary/aromatic N) is 1. The molecule has 0 spiro atoms. The summed E-state index contributed by atoms with van der Waals surface area (Å²) < 4.78 is 0. The number of anilines is 1. The Morgan fingerprint density at radius 2 is 1.89 bits per heavy atom. The number of carbonyl (C=O) groups excluding carboxylic acids is 2. The van der Waals surface area contributed by atoms with Crippen LogP contribution in [0.25, 0.3) is 0 Å². The molecule has 1 fully saturated rings. The van der Waals surface area contributed by atoms with Crippen LogP contribution in [-0.4, -0.2) is 17.9 Å². The van der Waals surface area contributed by atoms with E-state index < -0.39 is 0 Å². The summed E-state index contributed by atoms with van der Waals surface area (Å²) in [6, 6.07) is 11.8. The number of thiophene rings is 1. The lowest BCUT2D eigenvalue weighted by Gasteiger charge is -2.40. The van der Waals surface area contributed by atoms with Crippen molar-refractivity contribution in [3.05, 3.63) is 52.2 Å². The van der Waals surface area contributed by atoms with Gasteiger partial charge in [0.2, 0.25) is 11.8 Å². The molecule has 1 aliphatic rings. The third kappa shape index (κ3) is 4.24. The smallest absolute Gasteiger partial charge is 0.227 e. The number of rotatable bonds is 5. The average Bonchev–Trinajstić information content (AvgIpc) is 3.16. The molecule has 0 saturated carbocycles. The molecule has 1 aliphatic heterocycles. The van der Waals surface area contributed by atoms with Crippen LogP contribution in [0.3, 0.4) is 0 Å². The van der Waals surface area contributed by atoms with E-state index >= 15 is 0 Å². The standard InChI is InChI=1S/C22H28N2O2S/c1-14(2)16(4)23-22(26)18-11-12-20(25)24(17-9-7-15(3)8-10-17)21(18)19-6-5-13-27-19/h5-10,13-14,16,18,21H,11-12H2,1-4H3,(H,23,26). The molecule has 4 nitrogen and oxygen atoms in total. The van der Waals surface area contributed by atoms with Gasteiger partial charge in [-0.3, -0.25) is 9.59 Å². The van der Waals surface area contributed by atoms with Crippen molar-refractivity contribution < 1.29 is 9.59 Å². The van der Waals surface area contributed by atoms with Gasteiger partial charge in [0, 0.05) is 23.0 Å². The number of hydrogen-bond donors (Lipinski definition) is 1. The molecule has 27 heavy (non-hydrogen) atoms. The Labute approximate surface area is 165 Å². The number of nitrogens with one attached hydrogen (secondary N) is 1. The molecule has 2 heterocycles. The van der Waals surface area contributed by atoms with Crippen LogP contribution < -0.4 is 10.2 Å². The molecule has 2 aromatic rings. The van der Waals surface area contributed by atoms with E-state index in [1.807, 2.05) is 60.5 Å². The van der Waals surface area contributed by atoms with Crippen molar-refractivity contribution in [3.63, 3.8) is 0 Å². The second-order valence-corrected chi connectivity index (χ2v) is 8.73. The summed E-state index contributed by atoms with van der Waals surface area (Å²) >= 11 is 1.61. The van der Waals surface area contributed by atoms with Crippen LogP contribution in [0.5, 0.6) is 0 Å². The van der Waals surface area contributed by atoms with Gasteiger partial charge in [0.15, 0.2) is 0 Å². The molecule has 2 amide bonds. The molecule has 1 saturated heterocycles. The predicted molar refractivity (Wildman–Crippen MR) is 111 cm³/mol. The minimum atomic E-state index is -0.256. The molecular formula is C22H28N2O2S. The van der Waals surface area contributed by atoms with Crippen molar-refractivity contribution in [2.75, 3.05) is 4.90 Å². The van der Waals surface area contributed by atoms with Gasteiger partial charge in [-0.15, -0.1) is 11.3 Å². The number of carbonyl (C=O) groups is 2. The largest absolute Gasteiger partial charge is 0.353 e. The minimum Gasteiger partial charge on any atom is -0.353 e. The van der Waals surface area contributed by atoms with Crippen LogP contribution in [0.4, 0.5) is 5.69 Å². The van der Waals surface area contributed by atoms with E-state index in [1.165, 1.54) is 0 Å². The van der Waals surface area contributed by atoms with Gasteiger partial charge in [0.05, 0.1) is 12.0 Å². The van der Waals surface area contributed by atoms with E-state index in [9.17, 15) is 9.59 Å². The maximum Gasteiger partial charge on any atom is 0.227 e. The summed E-state index contributed by atoms with van der Waals surface area (Å²) in [5.74, 6) is 0.244. The van der Waals surface area contributed by atoms with Crippen molar-refractivity contribution in [2.24, 2.45) is 11.8 Å². The van der Waals surface area contributed by atoms with E-state index in [0.717, 1.165) is 16.1 Å². The highest BCUT2D eigenvalue weighted by atomic mass is 32.1.